The number of benzene rings is 2. The lowest BCUT2D eigenvalue weighted by molar-refractivity contribution is 0.171. The van der Waals surface area contributed by atoms with Gasteiger partial charge in [0.2, 0.25) is 0 Å². The van der Waals surface area contributed by atoms with E-state index in [-0.39, 0.29) is 12.1 Å². The standard InChI is InChI=1S/C27H35N5O/c28-20-24-7-4-8-26(19-24)32-17-12-25(13-18-32)30-27(33)29-14-9-22-10-15-31(16-11-22)21-23-5-2-1-3-6-23/h1-8,19,22,25H,9-18,21H2,(H2,29,30,33). The number of likely N-dealkylation sites (tertiary alicyclic amines) is 1. The van der Waals surface area contributed by atoms with Crippen LogP contribution in [-0.4, -0.2) is 49.7 Å². The molecule has 0 saturated carbocycles. The van der Waals surface area contributed by atoms with Crippen LogP contribution in [-0.2, 0) is 6.54 Å². The van der Waals surface area contributed by atoms with E-state index in [2.05, 4.69) is 56.8 Å². The molecule has 2 fully saturated rings. The van der Waals surface area contributed by atoms with Crippen LogP contribution in [0.2, 0.25) is 0 Å². The Morgan fingerprint density at radius 2 is 1.73 bits per heavy atom. The van der Waals surface area contributed by atoms with Crippen molar-refractivity contribution in [3.8, 4) is 6.07 Å². The number of hydrogen-bond acceptors (Lipinski definition) is 4. The average molecular weight is 446 g/mol. The first-order valence-electron chi connectivity index (χ1n) is 12.3. The molecule has 0 radical (unpaired) electrons. The number of nitrogens with zero attached hydrogens (tertiary/aromatic N) is 3. The van der Waals surface area contributed by atoms with Crippen molar-refractivity contribution >= 4 is 11.7 Å². The maximum atomic E-state index is 12.4. The number of amides is 2. The highest BCUT2D eigenvalue weighted by Crippen LogP contribution is 2.22. The SMILES string of the molecule is N#Cc1cccc(N2CCC(NC(=O)NCCC3CCN(Cc4ccccc4)CC3)CC2)c1. The molecule has 0 spiro atoms. The number of nitriles is 1. The van der Waals surface area contributed by atoms with Crippen molar-refractivity contribution in [3.05, 3.63) is 65.7 Å². The third-order valence-corrected chi connectivity index (χ3v) is 6.96. The fourth-order valence-electron chi connectivity index (χ4n) is 4.96. The Balaban J connectivity index is 1.09. The molecule has 6 nitrogen and oxygen atoms in total. The smallest absolute Gasteiger partial charge is 0.315 e. The molecular weight excluding hydrogens is 410 g/mol. The number of urea groups is 1. The first-order chi connectivity index (χ1) is 16.2. The van der Waals surface area contributed by atoms with Crippen molar-refractivity contribution in [1.82, 2.24) is 15.5 Å². The van der Waals surface area contributed by atoms with Gasteiger partial charge in [0.25, 0.3) is 0 Å². The van der Waals surface area contributed by atoms with Gasteiger partial charge < -0.3 is 15.5 Å². The van der Waals surface area contributed by atoms with Gasteiger partial charge in [-0.15, -0.1) is 0 Å². The number of hydrogen-bond donors (Lipinski definition) is 2. The predicted octanol–water partition coefficient (Wildman–Crippen LogP) is 4.13. The molecule has 2 aromatic rings. The second-order valence-corrected chi connectivity index (χ2v) is 9.32. The first kappa shape index (κ1) is 23.1. The predicted molar refractivity (Wildman–Crippen MR) is 132 cm³/mol. The van der Waals surface area contributed by atoms with Gasteiger partial charge >= 0.3 is 6.03 Å². The van der Waals surface area contributed by atoms with E-state index in [4.69, 9.17) is 5.26 Å². The topological polar surface area (TPSA) is 71.4 Å². The second-order valence-electron chi connectivity index (χ2n) is 9.32. The third kappa shape index (κ3) is 6.97. The van der Waals surface area contributed by atoms with Crippen LogP contribution < -0.4 is 15.5 Å². The van der Waals surface area contributed by atoms with Crippen molar-refractivity contribution in [3.63, 3.8) is 0 Å². The number of carbonyl (C=O) groups is 1. The first-order valence-corrected chi connectivity index (χ1v) is 12.3. The minimum atomic E-state index is -0.0403. The van der Waals surface area contributed by atoms with Gasteiger partial charge in [-0.05, 0) is 74.9 Å². The van der Waals surface area contributed by atoms with Crippen molar-refractivity contribution in [2.24, 2.45) is 5.92 Å². The molecule has 0 atom stereocenters. The van der Waals surface area contributed by atoms with Crippen molar-refractivity contribution in [1.29, 1.82) is 5.26 Å². The summed E-state index contributed by atoms with van der Waals surface area (Å²) in [6, 6.07) is 20.8. The molecule has 2 N–H and O–H groups in total. The Hall–Kier alpha value is -3.04. The summed E-state index contributed by atoms with van der Waals surface area (Å²) in [6.07, 6.45) is 5.32. The van der Waals surface area contributed by atoms with Gasteiger partial charge in [-0.1, -0.05) is 36.4 Å². The summed E-state index contributed by atoms with van der Waals surface area (Å²) in [5, 5.41) is 15.3. The van der Waals surface area contributed by atoms with Crippen molar-refractivity contribution in [2.45, 2.75) is 44.7 Å². The van der Waals surface area contributed by atoms with Crippen LogP contribution >= 0.6 is 0 Å². The summed E-state index contributed by atoms with van der Waals surface area (Å²) in [6.45, 7) is 5.84. The van der Waals surface area contributed by atoms with Crippen LogP contribution in [0.3, 0.4) is 0 Å². The zero-order valence-corrected chi connectivity index (χ0v) is 19.4. The lowest BCUT2D eigenvalue weighted by Crippen LogP contribution is -2.48. The van der Waals surface area contributed by atoms with E-state index in [1.165, 1.54) is 18.4 Å². The van der Waals surface area contributed by atoms with E-state index in [9.17, 15) is 4.79 Å². The summed E-state index contributed by atoms with van der Waals surface area (Å²) >= 11 is 0. The molecule has 0 bridgehead atoms. The Morgan fingerprint density at radius 1 is 0.970 bits per heavy atom. The van der Waals surface area contributed by atoms with Gasteiger partial charge in [0.1, 0.15) is 0 Å². The Bertz CT molecular complexity index is 925. The van der Waals surface area contributed by atoms with Gasteiger partial charge in [0.15, 0.2) is 0 Å². The molecule has 2 aromatic carbocycles. The quantitative estimate of drug-likeness (QED) is 0.672. The van der Waals surface area contributed by atoms with E-state index >= 15 is 0 Å². The zero-order chi connectivity index (χ0) is 22.9. The number of carbonyl (C=O) groups excluding carboxylic acids is 1. The van der Waals surface area contributed by atoms with Gasteiger partial charge in [0.05, 0.1) is 11.6 Å². The van der Waals surface area contributed by atoms with Crippen molar-refractivity contribution < 1.29 is 4.79 Å². The molecule has 6 heteroatoms. The van der Waals surface area contributed by atoms with Crippen LogP contribution in [0.15, 0.2) is 54.6 Å². The highest BCUT2D eigenvalue weighted by Gasteiger charge is 2.22. The van der Waals surface area contributed by atoms with Crippen LogP contribution in [0, 0.1) is 17.2 Å². The van der Waals surface area contributed by atoms with Gasteiger partial charge in [-0.25, -0.2) is 4.79 Å². The van der Waals surface area contributed by atoms with E-state index in [1.54, 1.807) is 0 Å². The lowest BCUT2D eigenvalue weighted by Gasteiger charge is -2.34. The van der Waals surface area contributed by atoms with Crippen LogP contribution in [0.5, 0.6) is 0 Å². The van der Waals surface area contributed by atoms with Gasteiger partial charge in [-0.2, -0.15) is 5.26 Å². The fourth-order valence-corrected chi connectivity index (χ4v) is 4.96. The molecule has 174 valence electrons. The Morgan fingerprint density at radius 3 is 2.45 bits per heavy atom. The van der Waals surface area contributed by atoms with E-state index in [0.29, 0.717) is 11.5 Å². The summed E-state index contributed by atoms with van der Waals surface area (Å²) in [5.74, 6) is 0.699. The van der Waals surface area contributed by atoms with Crippen molar-refractivity contribution in [2.75, 3.05) is 37.6 Å². The minimum Gasteiger partial charge on any atom is -0.371 e. The summed E-state index contributed by atoms with van der Waals surface area (Å²) in [4.78, 5) is 17.2. The van der Waals surface area contributed by atoms with E-state index in [0.717, 1.165) is 64.2 Å². The van der Waals surface area contributed by atoms with Crippen LogP contribution in [0.4, 0.5) is 10.5 Å². The molecule has 4 rings (SSSR count). The average Bonchev–Trinajstić information content (AvgIpc) is 2.86. The molecule has 2 aliphatic rings. The molecule has 0 aromatic heterocycles. The van der Waals surface area contributed by atoms with Gasteiger partial charge in [-0.3, -0.25) is 4.90 Å². The molecule has 2 aliphatic heterocycles. The minimum absolute atomic E-state index is 0.0403. The summed E-state index contributed by atoms with van der Waals surface area (Å²) in [7, 11) is 0. The maximum Gasteiger partial charge on any atom is 0.315 e. The second kappa shape index (κ2) is 11.7. The monoisotopic (exact) mass is 445 g/mol. The van der Waals surface area contributed by atoms with Gasteiger partial charge in [0, 0.05) is 37.9 Å². The molecule has 2 heterocycles. The van der Waals surface area contributed by atoms with Crippen LogP contribution in [0.25, 0.3) is 0 Å². The fraction of sp³-hybridized carbons (Fsp3) is 0.481. The molecule has 33 heavy (non-hydrogen) atoms. The molecule has 2 amide bonds. The molecular formula is C27H35N5O. The Labute approximate surface area is 197 Å². The molecule has 0 unspecified atom stereocenters. The summed E-state index contributed by atoms with van der Waals surface area (Å²) < 4.78 is 0. The maximum absolute atomic E-state index is 12.4. The lowest BCUT2D eigenvalue weighted by atomic mass is 9.93. The number of anilines is 1. The molecule has 2 saturated heterocycles. The Kier molecular flexibility index (Phi) is 8.21. The zero-order valence-electron chi connectivity index (χ0n) is 19.4. The van der Waals surface area contributed by atoms with E-state index in [1.807, 2.05) is 24.3 Å². The van der Waals surface area contributed by atoms with E-state index < -0.39 is 0 Å². The highest BCUT2D eigenvalue weighted by molar-refractivity contribution is 5.74. The highest BCUT2D eigenvalue weighted by atomic mass is 16.2. The summed E-state index contributed by atoms with van der Waals surface area (Å²) in [5.41, 5.74) is 3.16. The third-order valence-electron chi connectivity index (χ3n) is 6.96. The number of piperidine rings is 2. The normalized spacial score (nSPS) is 18.0. The largest absolute Gasteiger partial charge is 0.371 e. The molecule has 0 aliphatic carbocycles. The number of rotatable bonds is 7. The van der Waals surface area contributed by atoms with Crippen LogP contribution in [0.1, 0.15) is 43.2 Å². The number of nitrogens with one attached hydrogen (secondary N) is 2.